The Morgan fingerprint density at radius 2 is 1.21 bits per heavy atom. The molecule has 19 heavy (non-hydrogen) atoms. The molecule has 0 radical (unpaired) electrons. The molecule has 1 nitrogen and oxygen atoms in total. The van der Waals surface area contributed by atoms with Crippen molar-refractivity contribution in [2.45, 2.75) is 20.8 Å². The second-order valence-electron chi connectivity index (χ2n) is 3.56. The molecule has 0 atom stereocenters. The van der Waals surface area contributed by atoms with Gasteiger partial charge in [0.1, 0.15) is 0 Å². The first kappa shape index (κ1) is 16.9. The molecule has 0 unspecified atom stereocenters. The van der Waals surface area contributed by atoms with E-state index < -0.39 is 0 Å². The molecule has 1 heteroatoms. The summed E-state index contributed by atoms with van der Waals surface area (Å²) in [6.45, 7) is 12.0. The summed E-state index contributed by atoms with van der Waals surface area (Å²) in [5, 5.41) is 0. The van der Waals surface area contributed by atoms with Gasteiger partial charge in [-0.15, -0.1) is 13.2 Å². The molecule has 0 aliphatic rings. The Balaban J connectivity index is 0.000000741. The Bertz CT molecular complexity index is 469. The fraction of sp³-hybridized carbons (Fsp3) is 0.167. The van der Waals surface area contributed by atoms with Crippen molar-refractivity contribution in [2.75, 3.05) is 0 Å². The molecular weight excluding hydrogens is 232 g/mol. The Morgan fingerprint density at radius 3 is 1.68 bits per heavy atom. The lowest BCUT2D eigenvalue weighted by molar-refractivity contribution is 0.103. The van der Waals surface area contributed by atoms with E-state index in [-0.39, 0.29) is 5.78 Å². The number of carbonyl (C=O) groups excluding carboxylic acids is 1. The van der Waals surface area contributed by atoms with Gasteiger partial charge in [0.05, 0.1) is 0 Å². The van der Waals surface area contributed by atoms with E-state index in [1.165, 1.54) is 5.56 Å². The standard InChI is InChI=1S/C14H12O.C2H6.C2H4/c1-11-7-9-13(10-8-11)14(15)12-5-3-2-4-6-12;2*1-2/h2-10H,1H3;1-2H3;1-2H2. The number of benzene rings is 2. The van der Waals surface area contributed by atoms with Crippen LogP contribution in [0.15, 0.2) is 67.8 Å². The van der Waals surface area contributed by atoms with E-state index >= 15 is 0 Å². The third kappa shape index (κ3) is 5.35. The van der Waals surface area contributed by atoms with Crippen molar-refractivity contribution in [3.63, 3.8) is 0 Å². The number of hydrogen-bond acceptors (Lipinski definition) is 1. The minimum Gasteiger partial charge on any atom is -0.289 e. The van der Waals surface area contributed by atoms with Gasteiger partial charge in [0.25, 0.3) is 0 Å². The molecule has 0 fully saturated rings. The zero-order valence-corrected chi connectivity index (χ0v) is 12.0. The average molecular weight is 254 g/mol. The van der Waals surface area contributed by atoms with Crippen LogP contribution in [0, 0.1) is 6.92 Å². The molecule has 2 aromatic carbocycles. The van der Waals surface area contributed by atoms with Gasteiger partial charge in [0.15, 0.2) is 5.78 Å². The van der Waals surface area contributed by atoms with Crippen LogP contribution in [-0.2, 0) is 0 Å². The maximum Gasteiger partial charge on any atom is 0.193 e. The van der Waals surface area contributed by atoms with E-state index in [2.05, 4.69) is 13.2 Å². The van der Waals surface area contributed by atoms with Crippen molar-refractivity contribution in [1.82, 2.24) is 0 Å². The van der Waals surface area contributed by atoms with E-state index in [1.54, 1.807) is 0 Å². The number of ketones is 1. The highest BCUT2D eigenvalue weighted by molar-refractivity contribution is 6.08. The highest BCUT2D eigenvalue weighted by atomic mass is 16.1. The smallest absolute Gasteiger partial charge is 0.193 e. The second kappa shape index (κ2) is 9.84. The normalized spacial score (nSPS) is 8.37. The topological polar surface area (TPSA) is 17.1 Å². The molecule has 2 rings (SSSR count). The molecule has 100 valence electrons. The molecule has 0 N–H and O–H groups in total. The Hall–Kier alpha value is -2.15. The van der Waals surface area contributed by atoms with Crippen molar-refractivity contribution in [2.24, 2.45) is 0 Å². The molecule has 2 aromatic rings. The minimum atomic E-state index is 0.0793. The summed E-state index contributed by atoms with van der Waals surface area (Å²) < 4.78 is 0. The van der Waals surface area contributed by atoms with Gasteiger partial charge in [-0.3, -0.25) is 4.79 Å². The molecule has 0 aromatic heterocycles. The van der Waals surface area contributed by atoms with Gasteiger partial charge < -0.3 is 0 Å². The minimum absolute atomic E-state index is 0.0793. The van der Waals surface area contributed by atoms with Crippen LogP contribution in [0.3, 0.4) is 0 Å². The molecular formula is C18H22O. The molecule has 0 saturated carbocycles. The Morgan fingerprint density at radius 1 is 0.789 bits per heavy atom. The molecule has 0 amide bonds. The van der Waals surface area contributed by atoms with Crippen LogP contribution < -0.4 is 0 Å². The molecule has 0 spiro atoms. The van der Waals surface area contributed by atoms with E-state index in [0.29, 0.717) is 0 Å². The Labute approximate surface area is 116 Å². The van der Waals surface area contributed by atoms with Gasteiger partial charge in [0, 0.05) is 11.1 Å². The first-order valence-electron chi connectivity index (χ1n) is 6.44. The van der Waals surface area contributed by atoms with E-state index in [9.17, 15) is 4.79 Å². The summed E-state index contributed by atoms with van der Waals surface area (Å²) in [6.07, 6.45) is 0. The number of aryl methyl sites for hydroxylation is 1. The van der Waals surface area contributed by atoms with E-state index in [4.69, 9.17) is 0 Å². The summed E-state index contributed by atoms with van der Waals surface area (Å²) in [7, 11) is 0. The van der Waals surface area contributed by atoms with Gasteiger partial charge >= 0.3 is 0 Å². The fourth-order valence-electron chi connectivity index (χ4n) is 1.46. The second-order valence-corrected chi connectivity index (χ2v) is 3.56. The van der Waals surface area contributed by atoms with Gasteiger partial charge in [0.2, 0.25) is 0 Å². The van der Waals surface area contributed by atoms with Crippen LogP contribution in [0.4, 0.5) is 0 Å². The maximum absolute atomic E-state index is 12.0. The predicted molar refractivity (Wildman–Crippen MR) is 83.7 cm³/mol. The van der Waals surface area contributed by atoms with Crippen LogP contribution >= 0.6 is 0 Å². The first-order chi connectivity index (χ1) is 9.27. The van der Waals surface area contributed by atoms with Crippen molar-refractivity contribution in [3.05, 3.63) is 84.4 Å². The van der Waals surface area contributed by atoms with Crippen LogP contribution in [0.5, 0.6) is 0 Å². The largest absolute Gasteiger partial charge is 0.289 e. The summed E-state index contributed by atoms with van der Waals surface area (Å²) in [6, 6.07) is 17.0. The van der Waals surface area contributed by atoms with Crippen LogP contribution in [0.25, 0.3) is 0 Å². The van der Waals surface area contributed by atoms with Crippen LogP contribution in [0.2, 0.25) is 0 Å². The monoisotopic (exact) mass is 254 g/mol. The number of rotatable bonds is 2. The van der Waals surface area contributed by atoms with E-state index in [0.717, 1.165) is 11.1 Å². The average Bonchev–Trinajstić information content (AvgIpc) is 2.52. The van der Waals surface area contributed by atoms with Crippen molar-refractivity contribution >= 4 is 5.78 Å². The molecule has 0 aliphatic carbocycles. The Kier molecular flexibility index (Phi) is 8.72. The number of carbonyl (C=O) groups is 1. The molecule has 0 bridgehead atoms. The van der Waals surface area contributed by atoms with Crippen molar-refractivity contribution in [3.8, 4) is 0 Å². The van der Waals surface area contributed by atoms with Crippen LogP contribution in [0.1, 0.15) is 35.3 Å². The predicted octanol–water partition coefficient (Wildman–Crippen LogP) is 5.05. The fourth-order valence-corrected chi connectivity index (χ4v) is 1.46. The summed E-state index contributed by atoms with van der Waals surface area (Å²) >= 11 is 0. The van der Waals surface area contributed by atoms with Crippen molar-refractivity contribution < 1.29 is 4.79 Å². The summed E-state index contributed by atoms with van der Waals surface area (Å²) in [5.74, 6) is 0.0793. The van der Waals surface area contributed by atoms with Gasteiger partial charge in [-0.1, -0.05) is 74.0 Å². The number of hydrogen-bond donors (Lipinski definition) is 0. The third-order valence-electron chi connectivity index (χ3n) is 2.35. The van der Waals surface area contributed by atoms with Gasteiger partial charge in [-0.05, 0) is 6.92 Å². The van der Waals surface area contributed by atoms with E-state index in [1.807, 2.05) is 75.4 Å². The maximum atomic E-state index is 12.0. The lowest BCUT2D eigenvalue weighted by atomic mass is 10.0. The molecule has 0 saturated heterocycles. The SMILES string of the molecule is C=C.CC.Cc1ccc(C(=O)c2ccccc2)cc1. The highest BCUT2D eigenvalue weighted by Crippen LogP contribution is 2.10. The first-order valence-corrected chi connectivity index (χ1v) is 6.44. The summed E-state index contributed by atoms with van der Waals surface area (Å²) in [5.41, 5.74) is 2.65. The van der Waals surface area contributed by atoms with Crippen molar-refractivity contribution in [1.29, 1.82) is 0 Å². The zero-order chi connectivity index (χ0) is 14.7. The van der Waals surface area contributed by atoms with Gasteiger partial charge in [-0.25, -0.2) is 0 Å². The molecule has 0 heterocycles. The third-order valence-corrected chi connectivity index (χ3v) is 2.35. The lowest BCUT2D eigenvalue weighted by Gasteiger charge is -2.00. The zero-order valence-electron chi connectivity index (χ0n) is 12.0. The molecule has 0 aliphatic heterocycles. The van der Waals surface area contributed by atoms with Gasteiger partial charge in [-0.2, -0.15) is 0 Å². The summed E-state index contributed by atoms with van der Waals surface area (Å²) in [4.78, 5) is 12.0. The van der Waals surface area contributed by atoms with Crippen LogP contribution in [-0.4, -0.2) is 5.78 Å². The lowest BCUT2D eigenvalue weighted by Crippen LogP contribution is -2.00. The quantitative estimate of drug-likeness (QED) is 0.541. The highest BCUT2D eigenvalue weighted by Gasteiger charge is 2.06.